The second kappa shape index (κ2) is 9.60. The molecule has 9 heteroatoms. The molecule has 8 nitrogen and oxygen atoms in total. The number of rotatable bonds is 6. The van der Waals surface area contributed by atoms with Crippen LogP contribution in [0.1, 0.15) is 24.2 Å². The number of hydrogen-bond acceptors (Lipinski definition) is 7. The molecule has 0 saturated carbocycles. The second-order valence-electron chi connectivity index (χ2n) is 6.54. The minimum atomic E-state index is -1.29. The van der Waals surface area contributed by atoms with Crippen LogP contribution in [0.2, 0.25) is 0 Å². The van der Waals surface area contributed by atoms with Gasteiger partial charge in [0.25, 0.3) is 5.91 Å². The lowest BCUT2D eigenvalue weighted by molar-refractivity contribution is -0.140. The van der Waals surface area contributed by atoms with Gasteiger partial charge in [0, 0.05) is 44.3 Å². The van der Waals surface area contributed by atoms with Crippen LogP contribution in [-0.4, -0.2) is 69.0 Å². The normalized spacial score (nSPS) is 16.2. The van der Waals surface area contributed by atoms with E-state index in [9.17, 15) is 13.8 Å². The van der Waals surface area contributed by atoms with Crippen molar-refractivity contribution >= 4 is 28.6 Å². The van der Waals surface area contributed by atoms with Crippen molar-refractivity contribution in [3.05, 3.63) is 48.3 Å². The maximum absolute atomic E-state index is 12.7. The predicted molar refractivity (Wildman–Crippen MR) is 109 cm³/mol. The Labute approximate surface area is 172 Å². The van der Waals surface area contributed by atoms with Crippen molar-refractivity contribution in [1.29, 1.82) is 0 Å². The molecule has 2 heterocycles. The van der Waals surface area contributed by atoms with Gasteiger partial charge in [-0.1, -0.05) is 19.1 Å². The van der Waals surface area contributed by atoms with Gasteiger partial charge in [0.05, 0.1) is 21.3 Å². The van der Waals surface area contributed by atoms with Crippen LogP contribution in [0.25, 0.3) is 0 Å². The third-order valence-electron chi connectivity index (χ3n) is 4.67. The standard InChI is InChI=1S/C20H24N4O4S/c1-3-29(27)17-8-5-4-7-16(17)19(26)28-15(2)18(25)23-11-13-24(14-12-23)20-21-9-6-10-22-20/h4-10,15H,3,11-14H2,1-2H3. The zero-order chi connectivity index (χ0) is 20.8. The zero-order valence-corrected chi connectivity index (χ0v) is 17.3. The molecule has 1 aromatic heterocycles. The lowest BCUT2D eigenvalue weighted by Crippen LogP contribution is -2.52. The first-order valence-electron chi connectivity index (χ1n) is 9.50. The van der Waals surface area contributed by atoms with E-state index in [1.807, 2.05) is 4.90 Å². The molecule has 3 rings (SSSR count). The van der Waals surface area contributed by atoms with Crippen molar-refractivity contribution in [1.82, 2.24) is 14.9 Å². The molecule has 154 valence electrons. The molecule has 0 aliphatic carbocycles. The quantitative estimate of drug-likeness (QED) is 0.659. The van der Waals surface area contributed by atoms with Gasteiger partial charge in [0.2, 0.25) is 5.95 Å². The summed E-state index contributed by atoms with van der Waals surface area (Å²) in [6, 6.07) is 8.39. The van der Waals surface area contributed by atoms with Gasteiger partial charge in [-0.2, -0.15) is 0 Å². The first-order chi connectivity index (χ1) is 14.0. The van der Waals surface area contributed by atoms with Crippen LogP contribution in [0.4, 0.5) is 5.95 Å². The topological polar surface area (TPSA) is 92.7 Å². The van der Waals surface area contributed by atoms with E-state index in [2.05, 4.69) is 9.97 Å². The van der Waals surface area contributed by atoms with Gasteiger partial charge in [0.15, 0.2) is 6.10 Å². The van der Waals surface area contributed by atoms with Crippen LogP contribution in [0.3, 0.4) is 0 Å². The third kappa shape index (κ3) is 4.97. The van der Waals surface area contributed by atoms with Gasteiger partial charge in [-0.25, -0.2) is 14.8 Å². The number of nitrogens with zero attached hydrogens (tertiary/aromatic N) is 4. The average molecular weight is 417 g/mol. The molecule has 0 bridgehead atoms. The number of benzene rings is 1. The summed E-state index contributed by atoms with van der Waals surface area (Å²) < 4.78 is 17.6. The highest BCUT2D eigenvalue weighted by Crippen LogP contribution is 2.17. The number of piperazine rings is 1. The van der Waals surface area contributed by atoms with Crippen LogP contribution in [0.5, 0.6) is 0 Å². The summed E-state index contributed by atoms with van der Waals surface area (Å²) in [6.45, 7) is 5.55. The first-order valence-corrected chi connectivity index (χ1v) is 10.8. The molecule has 1 aromatic carbocycles. The smallest absolute Gasteiger partial charge is 0.340 e. The van der Waals surface area contributed by atoms with Crippen LogP contribution >= 0.6 is 0 Å². The fraction of sp³-hybridized carbons (Fsp3) is 0.400. The van der Waals surface area contributed by atoms with Crippen molar-refractivity contribution in [2.75, 3.05) is 36.8 Å². The molecule has 1 aliphatic rings. The van der Waals surface area contributed by atoms with E-state index in [4.69, 9.17) is 4.74 Å². The predicted octanol–water partition coefficient (Wildman–Crippen LogP) is 1.50. The summed E-state index contributed by atoms with van der Waals surface area (Å²) in [7, 11) is -1.29. The van der Waals surface area contributed by atoms with E-state index in [-0.39, 0.29) is 11.5 Å². The summed E-state index contributed by atoms with van der Waals surface area (Å²) in [6.07, 6.45) is 2.44. The number of carbonyl (C=O) groups excluding carboxylic acids is 2. The highest BCUT2D eigenvalue weighted by molar-refractivity contribution is 7.85. The number of esters is 1. The Hall–Kier alpha value is -2.81. The third-order valence-corrected chi connectivity index (χ3v) is 6.04. The molecule has 2 aromatic rings. The lowest BCUT2D eigenvalue weighted by Gasteiger charge is -2.35. The molecule has 1 fully saturated rings. The van der Waals surface area contributed by atoms with Gasteiger partial charge in [0.1, 0.15) is 0 Å². The van der Waals surface area contributed by atoms with E-state index >= 15 is 0 Å². The summed E-state index contributed by atoms with van der Waals surface area (Å²) >= 11 is 0. The van der Waals surface area contributed by atoms with Crippen LogP contribution < -0.4 is 4.90 Å². The van der Waals surface area contributed by atoms with Crippen molar-refractivity contribution in [2.24, 2.45) is 0 Å². The minimum absolute atomic E-state index is 0.235. The van der Waals surface area contributed by atoms with Gasteiger partial charge in [-0.15, -0.1) is 0 Å². The highest BCUT2D eigenvalue weighted by atomic mass is 32.2. The van der Waals surface area contributed by atoms with E-state index in [0.717, 1.165) is 0 Å². The molecule has 0 N–H and O–H groups in total. The molecular weight excluding hydrogens is 392 g/mol. The highest BCUT2D eigenvalue weighted by Gasteiger charge is 2.29. The van der Waals surface area contributed by atoms with Crippen LogP contribution in [0.15, 0.2) is 47.6 Å². The largest absolute Gasteiger partial charge is 0.449 e. The minimum Gasteiger partial charge on any atom is -0.449 e. The lowest BCUT2D eigenvalue weighted by atomic mass is 10.2. The van der Waals surface area contributed by atoms with Gasteiger partial charge < -0.3 is 14.5 Å². The number of hydrogen-bond donors (Lipinski definition) is 0. The van der Waals surface area contributed by atoms with Crippen molar-refractivity contribution < 1.29 is 18.5 Å². The number of aromatic nitrogens is 2. The maximum Gasteiger partial charge on any atom is 0.340 e. The second-order valence-corrected chi connectivity index (χ2v) is 8.25. The zero-order valence-electron chi connectivity index (χ0n) is 16.5. The fourth-order valence-corrected chi connectivity index (χ4v) is 4.04. The molecule has 1 saturated heterocycles. The Balaban J connectivity index is 1.59. The van der Waals surface area contributed by atoms with E-state index in [1.54, 1.807) is 61.5 Å². The fourth-order valence-electron chi connectivity index (χ4n) is 3.10. The maximum atomic E-state index is 12.7. The number of ether oxygens (including phenoxy) is 1. The van der Waals surface area contributed by atoms with Crippen molar-refractivity contribution in [3.63, 3.8) is 0 Å². The Kier molecular flexibility index (Phi) is 6.92. The summed E-state index contributed by atoms with van der Waals surface area (Å²) in [5.74, 6) is 0.147. The van der Waals surface area contributed by atoms with E-state index in [1.165, 1.54) is 0 Å². The number of anilines is 1. The molecule has 29 heavy (non-hydrogen) atoms. The molecule has 1 aliphatic heterocycles. The number of carbonyl (C=O) groups is 2. The molecule has 0 radical (unpaired) electrons. The van der Waals surface area contributed by atoms with Crippen LogP contribution in [-0.2, 0) is 20.3 Å². The molecule has 2 atom stereocenters. The molecule has 2 unspecified atom stereocenters. The average Bonchev–Trinajstić information content (AvgIpc) is 2.78. The summed E-state index contributed by atoms with van der Waals surface area (Å²) in [5.41, 5.74) is 0.235. The van der Waals surface area contributed by atoms with Gasteiger partial charge in [-0.05, 0) is 25.1 Å². The molecule has 0 spiro atoms. The van der Waals surface area contributed by atoms with Gasteiger partial charge in [-0.3, -0.25) is 9.00 Å². The van der Waals surface area contributed by atoms with E-state index < -0.39 is 22.9 Å². The summed E-state index contributed by atoms with van der Waals surface area (Å²) in [5, 5.41) is 0. The van der Waals surface area contributed by atoms with Crippen molar-refractivity contribution in [3.8, 4) is 0 Å². The number of amides is 1. The Bertz CT molecular complexity index is 885. The first kappa shape index (κ1) is 20.9. The Morgan fingerprint density at radius 3 is 2.41 bits per heavy atom. The summed E-state index contributed by atoms with van der Waals surface area (Å²) in [4.78, 5) is 37.9. The Morgan fingerprint density at radius 1 is 1.10 bits per heavy atom. The molecular formula is C20H24N4O4S. The Morgan fingerprint density at radius 2 is 1.76 bits per heavy atom. The van der Waals surface area contributed by atoms with Crippen LogP contribution in [0, 0.1) is 0 Å². The molecule has 1 amide bonds. The van der Waals surface area contributed by atoms with E-state index in [0.29, 0.717) is 42.8 Å². The monoisotopic (exact) mass is 416 g/mol. The van der Waals surface area contributed by atoms with Gasteiger partial charge >= 0.3 is 5.97 Å². The SMILES string of the molecule is CCS(=O)c1ccccc1C(=O)OC(C)C(=O)N1CCN(c2ncccn2)CC1. The van der Waals surface area contributed by atoms with Crippen molar-refractivity contribution in [2.45, 2.75) is 24.8 Å².